The minimum Gasteiger partial charge on any atom is -0.497 e. The molecule has 0 saturated heterocycles. The van der Waals surface area contributed by atoms with Crippen LogP contribution in [0.15, 0.2) is 72.8 Å². The van der Waals surface area contributed by atoms with Crippen molar-refractivity contribution in [3.63, 3.8) is 0 Å². The van der Waals surface area contributed by atoms with Crippen LogP contribution in [0.2, 0.25) is 0 Å². The Balaban J connectivity index is 1.48. The Labute approximate surface area is 199 Å². The molecule has 7 nitrogen and oxygen atoms in total. The molecule has 4 rings (SSSR count). The smallest absolute Gasteiger partial charge is 0.264 e. The van der Waals surface area contributed by atoms with Crippen LogP contribution in [-0.4, -0.2) is 36.5 Å². The Hall–Kier alpha value is -4.00. The van der Waals surface area contributed by atoms with E-state index >= 15 is 0 Å². The molecule has 2 amide bonds. The van der Waals surface area contributed by atoms with E-state index in [1.807, 2.05) is 55.5 Å². The first-order valence-electron chi connectivity index (χ1n) is 11.2. The first-order valence-corrected chi connectivity index (χ1v) is 11.2. The third kappa shape index (κ3) is 5.67. The van der Waals surface area contributed by atoms with Gasteiger partial charge in [-0.25, -0.2) is 0 Å². The molecular formula is C27H28N2O5. The van der Waals surface area contributed by atoms with Gasteiger partial charge in [0.1, 0.15) is 17.2 Å². The summed E-state index contributed by atoms with van der Waals surface area (Å²) in [5.74, 6) is 1.72. The molecule has 1 heterocycles. The zero-order chi connectivity index (χ0) is 23.9. The molecule has 1 N–H and O–H groups in total. The summed E-state index contributed by atoms with van der Waals surface area (Å²) in [6.45, 7) is 2.66. The van der Waals surface area contributed by atoms with Crippen molar-refractivity contribution in [2.24, 2.45) is 0 Å². The summed E-state index contributed by atoms with van der Waals surface area (Å²) in [6.07, 6.45) is 0.00592. The molecule has 176 valence electrons. The topological polar surface area (TPSA) is 77.1 Å². The SMILES string of the molecule is CCC1Oc2ccc(NC(=O)COc3ccccc3)cc2CN(Cc2ccc(OC)cc2)C1=O. The summed E-state index contributed by atoms with van der Waals surface area (Å²) >= 11 is 0. The lowest BCUT2D eigenvalue weighted by atomic mass is 10.1. The lowest BCUT2D eigenvalue weighted by Crippen LogP contribution is -2.38. The zero-order valence-electron chi connectivity index (χ0n) is 19.3. The Bertz CT molecular complexity index is 1130. The Morgan fingerprint density at radius 1 is 1.06 bits per heavy atom. The largest absolute Gasteiger partial charge is 0.497 e. The van der Waals surface area contributed by atoms with Gasteiger partial charge in [0.15, 0.2) is 12.7 Å². The van der Waals surface area contributed by atoms with Gasteiger partial charge in [0, 0.05) is 24.3 Å². The highest BCUT2D eigenvalue weighted by Crippen LogP contribution is 2.30. The number of para-hydroxylation sites is 1. The van der Waals surface area contributed by atoms with Crippen LogP contribution < -0.4 is 19.5 Å². The molecule has 3 aromatic carbocycles. The summed E-state index contributed by atoms with van der Waals surface area (Å²) in [4.78, 5) is 27.3. The summed E-state index contributed by atoms with van der Waals surface area (Å²) in [5, 5.41) is 2.86. The number of rotatable bonds is 8. The number of carbonyl (C=O) groups excluding carboxylic acids is 2. The molecule has 0 aliphatic carbocycles. The molecule has 1 aliphatic heterocycles. The van der Waals surface area contributed by atoms with Gasteiger partial charge < -0.3 is 24.4 Å². The van der Waals surface area contributed by atoms with Crippen molar-refractivity contribution in [3.05, 3.63) is 83.9 Å². The predicted octanol–water partition coefficient (Wildman–Crippen LogP) is 4.41. The molecule has 7 heteroatoms. The van der Waals surface area contributed by atoms with Crippen LogP contribution >= 0.6 is 0 Å². The molecular weight excluding hydrogens is 432 g/mol. The van der Waals surface area contributed by atoms with E-state index in [0.717, 1.165) is 16.9 Å². The summed E-state index contributed by atoms with van der Waals surface area (Å²) in [7, 11) is 1.62. The van der Waals surface area contributed by atoms with E-state index in [0.29, 0.717) is 36.7 Å². The lowest BCUT2D eigenvalue weighted by molar-refractivity contribution is -0.139. The van der Waals surface area contributed by atoms with Crippen molar-refractivity contribution in [3.8, 4) is 17.2 Å². The van der Waals surface area contributed by atoms with Crippen LogP contribution in [0.1, 0.15) is 24.5 Å². The molecule has 1 aliphatic rings. The Morgan fingerprint density at radius 3 is 2.53 bits per heavy atom. The zero-order valence-corrected chi connectivity index (χ0v) is 19.3. The molecule has 1 unspecified atom stereocenters. The highest BCUT2D eigenvalue weighted by molar-refractivity contribution is 5.92. The maximum absolute atomic E-state index is 13.1. The van der Waals surface area contributed by atoms with Crippen LogP contribution in [0.3, 0.4) is 0 Å². The average Bonchev–Trinajstić information content (AvgIpc) is 2.99. The molecule has 3 aromatic rings. The molecule has 0 bridgehead atoms. The number of methoxy groups -OCH3 is 1. The van der Waals surface area contributed by atoms with Gasteiger partial charge in [-0.3, -0.25) is 9.59 Å². The van der Waals surface area contributed by atoms with Crippen LogP contribution in [0.25, 0.3) is 0 Å². The maximum atomic E-state index is 13.1. The Kier molecular flexibility index (Phi) is 7.32. The molecule has 0 radical (unpaired) electrons. The number of benzene rings is 3. The van der Waals surface area contributed by atoms with E-state index in [1.54, 1.807) is 36.3 Å². The third-order valence-corrected chi connectivity index (χ3v) is 5.58. The lowest BCUT2D eigenvalue weighted by Gasteiger charge is -2.23. The second-order valence-electron chi connectivity index (χ2n) is 8.03. The van der Waals surface area contributed by atoms with Gasteiger partial charge in [0.2, 0.25) is 0 Å². The van der Waals surface area contributed by atoms with Crippen molar-refractivity contribution >= 4 is 17.5 Å². The first-order chi connectivity index (χ1) is 16.6. The standard InChI is InChI=1S/C27H28N2O5/c1-3-24-27(31)29(16-19-9-12-22(32-2)13-10-19)17-20-15-21(11-14-25(20)34-24)28-26(30)18-33-23-7-5-4-6-8-23/h4-15,24H,3,16-18H2,1-2H3,(H,28,30). The number of amides is 2. The monoisotopic (exact) mass is 460 g/mol. The summed E-state index contributed by atoms with van der Waals surface area (Å²) in [5.41, 5.74) is 2.45. The fourth-order valence-electron chi connectivity index (χ4n) is 3.79. The van der Waals surface area contributed by atoms with Crippen LogP contribution in [-0.2, 0) is 22.7 Å². The highest BCUT2D eigenvalue weighted by Gasteiger charge is 2.30. The van der Waals surface area contributed by atoms with Crippen molar-refractivity contribution in [1.82, 2.24) is 4.90 Å². The van der Waals surface area contributed by atoms with Crippen LogP contribution in [0.4, 0.5) is 5.69 Å². The molecule has 1 atom stereocenters. The van der Waals surface area contributed by atoms with E-state index in [1.165, 1.54) is 0 Å². The van der Waals surface area contributed by atoms with Gasteiger partial charge in [0.25, 0.3) is 11.8 Å². The van der Waals surface area contributed by atoms with E-state index in [4.69, 9.17) is 14.2 Å². The number of nitrogens with one attached hydrogen (secondary N) is 1. The van der Waals surface area contributed by atoms with Crippen LogP contribution in [0, 0.1) is 0 Å². The second kappa shape index (κ2) is 10.7. The first kappa shape index (κ1) is 23.2. The van der Waals surface area contributed by atoms with Gasteiger partial charge in [-0.2, -0.15) is 0 Å². The molecule has 34 heavy (non-hydrogen) atoms. The number of hydrogen-bond acceptors (Lipinski definition) is 5. The van der Waals surface area contributed by atoms with E-state index in [2.05, 4.69) is 5.32 Å². The number of nitrogens with zero attached hydrogens (tertiary/aromatic N) is 1. The fraction of sp³-hybridized carbons (Fsp3) is 0.259. The maximum Gasteiger partial charge on any atom is 0.264 e. The minimum absolute atomic E-state index is 0.0589. The number of fused-ring (bicyclic) bond motifs is 1. The number of hydrogen-bond donors (Lipinski definition) is 1. The third-order valence-electron chi connectivity index (χ3n) is 5.58. The van der Waals surface area contributed by atoms with Gasteiger partial charge in [-0.05, 0) is 54.4 Å². The summed E-state index contributed by atoms with van der Waals surface area (Å²) < 4.78 is 16.8. The van der Waals surface area contributed by atoms with Crippen molar-refractivity contribution in [1.29, 1.82) is 0 Å². The number of carbonyl (C=O) groups is 2. The van der Waals surface area contributed by atoms with E-state index in [-0.39, 0.29) is 18.4 Å². The highest BCUT2D eigenvalue weighted by atomic mass is 16.5. The minimum atomic E-state index is -0.556. The molecule has 0 fully saturated rings. The van der Waals surface area contributed by atoms with Crippen LogP contribution in [0.5, 0.6) is 17.2 Å². The van der Waals surface area contributed by atoms with Gasteiger partial charge in [-0.1, -0.05) is 37.3 Å². The van der Waals surface area contributed by atoms with E-state index < -0.39 is 6.10 Å². The van der Waals surface area contributed by atoms with Crippen molar-refractivity contribution in [2.45, 2.75) is 32.5 Å². The van der Waals surface area contributed by atoms with Gasteiger partial charge in [-0.15, -0.1) is 0 Å². The van der Waals surface area contributed by atoms with Crippen molar-refractivity contribution < 1.29 is 23.8 Å². The van der Waals surface area contributed by atoms with Gasteiger partial charge in [0.05, 0.1) is 7.11 Å². The number of anilines is 1. The predicted molar refractivity (Wildman–Crippen MR) is 129 cm³/mol. The average molecular weight is 461 g/mol. The molecule has 0 aromatic heterocycles. The Morgan fingerprint density at radius 2 is 1.82 bits per heavy atom. The summed E-state index contributed by atoms with van der Waals surface area (Å²) in [6, 6.07) is 22.3. The molecule has 0 saturated carbocycles. The van der Waals surface area contributed by atoms with E-state index in [9.17, 15) is 9.59 Å². The quantitative estimate of drug-likeness (QED) is 0.539. The van der Waals surface area contributed by atoms with Crippen molar-refractivity contribution in [2.75, 3.05) is 19.0 Å². The normalized spacial score (nSPS) is 15.1. The van der Waals surface area contributed by atoms with Gasteiger partial charge >= 0.3 is 0 Å². The molecule has 0 spiro atoms. The fourth-order valence-corrected chi connectivity index (χ4v) is 3.79. The second-order valence-corrected chi connectivity index (χ2v) is 8.03. The number of ether oxygens (including phenoxy) is 3.